The Bertz CT molecular complexity index is 278. The summed E-state index contributed by atoms with van der Waals surface area (Å²) in [7, 11) is 0. The van der Waals surface area contributed by atoms with E-state index in [4.69, 9.17) is 11.5 Å². The molecule has 18 heavy (non-hydrogen) atoms. The third-order valence-electron chi connectivity index (χ3n) is 3.26. The Morgan fingerprint density at radius 3 is 1.56 bits per heavy atom. The van der Waals surface area contributed by atoms with Crippen LogP contribution in [0.3, 0.4) is 0 Å². The minimum absolute atomic E-state index is 0.230. The van der Waals surface area contributed by atoms with E-state index in [1.54, 1.807) is 0 Å². The maximum Gasteiger partial charge on any atom is 0.244 e. The summed E-state index contributed by atoms with van der Waals surface area (Å²) >= 11 is 0. The third kappa shape index (κ3) is 3.43. The second-order valence-corrected chi connectivity index (χ2v) is 4.88. The zero-order valence-electron chi connectivity index (χ0n) is 11.1. The van der Waals surface area contributed by atoms with Crippen molar-refractivity contribution in [2.24, 2.45) is 11.5 Å². The maximum absolute atomic E-state index is 11.9. The van der Waals surface area contributed by atoms with Crippen LogP contribution in [-0.2, 0) is 9.59 Å². The van der Waals surface area contributed by atoms with E-state index in [0.717, 1.165) is 12.8 Å². The molecule has 0 aromatic heterocycles. The molecule has 1 aliphatic rings. The molecule has 6 N–H and O–H groups in total. The van der Waals surface area contributed by atoms with Crippen LogP contribution in [0.2, 0.25) is 0 Å². The second kappa shape index (κ2) is 6.70. The molecular weight excluding hydrogens is 232 g/mol. The number of piperazine rings is 1. The van der Waals surface area contributed by atoms with Crippen molar-refractivity contribution >= 4 is 11.8 Å². The van der Waals surface area contributed by atoms with Gasteiger partial charge in [-0.3, -0.25) is 9.59 Å². The lowest BCUT2D eigenvalue weighted by Gasteiger charge is -2.35. The molecule has 1 fully saturated rings. The largest absolute Gasteiger partial charge is 0.341 e. The standard InChI is InChI=1S/C12H24N4O2/c1-3-5-7(13)9-11(17)16-10(12(18)15-9)8(14)6-4-2/h7-10H,3-6,13-14H2,1-2H3,(H,15,18)(H,16,17). The van der Waals surface area contributed by atoms with Crippen LogP contribution in [0.4, 0.5) is 0 Å². The lowest BCUT2D eigenvalue weighted by atomic mass is 9.96. The van der Waals surface area contributed by atoms with Crippen molar-refractivity contribution in [3.63, 3.8) is 0 Å². The molecule has 6 heteroatoms. The minimum atomic E-state index is -0.637. The zero-order valence-corrected chi connectivity index (χ0v) is 11.1. The van der Waals surface area contributed by atoms with E-state index in [9.17, 15) is 9.59 Å². The van der Waals surface area contributed by atoms with Crippen molar-refractivity contribution in [3.8, 4) is 0 Å². The van der Waals surface area contributed by atoms with Crippen LogP contribution in [0.1, 0.15) is 39.5 Å². The average Bonchev–Trinajstić information content (AvgIpc) is 2.32. The van der Waals surface area contributed by atoms with Gasteiger partial charge in [-0.15, -0.1) is 0 Å². The Morgan fingerprint density at radius 1 is 0.944 bits per heavy atom. The minimum Gasteiger partial charge on any atom is -0.341 e. The summed E-state index contributed by atoms with van der Waals surface area (Å²) in [6.45, 7) is 3.98. The lowest BCUT2D eigenvalue weighted by molar-refractivity contribution is -0.137. The molecule has 4 unspecified atom stereocenters. The fraction of sp³-hybridized carbons (Fsp3) is 0.833. The predicted molar refractivity (Wildman–Crippen MR) is 69.6 cm³/mol. The van der Waals surface area contributed by atoms with Gasteiger partial charge in [0.15, 0.2) is 0 Å². The molecular formula is C12H24N4O2. The van der Waals surface area contributed by atoms with Crippen molar-refractivity contribution in [1.29, 1.82) is 0 Å². The van der Waals surface area contributed by atoms with Crippen molar-refractivity contribution < 1.29 is 9.59 Å². The molecule has 0 saturated carbocycles. The molecule has 0 aliphatic carbocycles. The summed E-state index contributed by atoms with van der Waals surface area (Å²) in [5, 5.41) is 5.37. The number of hydrogen-bond acceptors (Lipinski definition) is 4. The zero-order chi connectivity index (χ0) is 13.7. The summed E-state index contributed by atoms with van der Waals surface area (Å²) in [4.78, 5) is 23.8. The molecule has 0 radical (unpaired) electrons. The molecule has 0 aromatic rings. The highest BCUT2D eigenvalue weighted by molar-refractivity contribution is 5.97. The number of amides is 2. The van der Waals surface area contributed by atoms with Gasteiger partial charge in [0.2, 0.25) is 11.8 Å². The van der Waals surface area contributed by atoms with Crippen molar-refractivity contribution in [1.82, 2.24) is 10.6 Å². The highest BCUT2D eigenvalue weighted by atomic mass is 16.2. The topological polar surface area (TPSA) is 110 Å². The van der Waals surface area contributed by atoms with E-state index < -0.39 is 12.1 Å². The normalized spacial score (nSPS) is 27.3. The molecule has 104 valence electrons. The van der Waals surface area contributed by atoms with E-state index in [0.29, 0.717) is 12.8 Å². The first-order chi connectivity index (χ1) is 8.51. The molecule has 1 rings (SSSR count). The van der Waals surface area contributed by atoms with Gasteiger partial charge in [-0.2, -0.15) is 0 Å². The average molecular weight is 256 g/mol. The van der Waals surface area contributed by atoms with Gasteiger partial charge in [-0.1, -0.05) is 26.7 Å². The number of rotatable bonds is 6. The molecule has 2 amide bonds. The quantitative estimate of drug-likeness (QED) is 0.500. The Kier molecular flexibility index (Phi) is 5.55. The third-order valence-corrected chi connectivity index (χ3v) is 3.26. The van der Waals surface area contributed by atoms with Gasteiger partial charge in [0.1, 0.15) is 12.1 Å². The van der Waals surface area contributed by atoms with Crippen LogP contribution in [0.25, 0.3) is 0 Å². The number of carbonyl (C=O) groups is 2. The van der Waals surface area contributed by atoms with Crippen LogP contribution in [-0.4, -0.2) is 36.0 Å². The van der Waals surface area contributed by atoms with Crippen LogP contribution in [0.15, 0.2) is 0 Å². The van der Waals surface area contributed by atoms with Gasteiger partial charge in [-0.25, -0.2) is 0 Å². The van der Waals surface area contributed by atoms with Gasteiger partial charge in [0.25, 0.3) is 0 Å². The first-order valence-corrected chi connectivity index (χ1v) is 6.63. The van der Waals surface area contributed by atoms with Crippen LogP contribution in [0, 0.1) is 0 Å². The number of carbonyl (C=O) groups excluding carboxylic acids is 2. The maximum atomic E-state index is 11.9. The first kappa shape index (κ1) is 14.9. The Balaban J connectivity index is 2.64. The van der Waals surface area contributed by atoms with E-state index in [1.165, 1.54) is 0 Å². The van der Waals surface area contributed by atoms with Gasteiger partial charge >= 0.3 is 0 Å². The SMILES string of the molecule is CCCC(N)C1NC(=O)C(C(N)CCC)NC1=O. The Hall–Kier alpha value is -1.14. The summed E-state index contributed by atoms with van der Waals surface area (Å²) in [5.74, 6) is -0.459. The summed E-state index contributed by atoms with van der Waals surface area (Å²) in [5.41, 5.74) is 11.8. The van der Waals surface area contributed by atoms with Gasteiger partial charge in [0, 0.05) is 12.1 Å². The number of nitrogens with one attached hydrogen (secondary N) is 2. The predicted octanol–water partition coefficient (Wildman–Crippen LogP) is -0.776. The molecule has 4 atom stereocenters. The van der Waals surface area contributed by atoms with Crippen molar-refractivity contribution in [3.05, 3.63) is 0 Å². The van der Waals surface area contributed by atoms with Gasteiger partial charge in [-0.05, 0) is 12.8 Å². The van der Waals surface area contributed by atoms with Gasteiger partial charge in [0.05, 0.1) is 0 Å². The lowest BCUT2D eigenvalue weighted by Crippen LogP contribution is -2.70. The Labute approximate surface area is 108 Å². The molecule has 0 aromatic carbocycles. The molecule has 1 saturated heterocycles. The molecule has 1 aliphatic heterocycles. The van der Waals surface area contributed by atoms with Crippen LogP contribution < -0.4 is 22.1 Å². The van der Waals surface area contributed by atoms with E-state index >= 15 is 0 Å². The molecule has 0 spiro atoms. The monoisotopic (exact) mass is 256 g/mol. The summed E-state index contributed by atoms with van der Waals surface area (Å²) in [6, 6.07) is -1.96. The number of hydrogen-bond donors (Lipinski definition) is 4. The molecule has 6 nitrogen and oxygen atoms in total. The smallest absolute Gasteiger partial charge is 0.244 e. The first-order valence-electron chi connectivity index (χ1n) is 6.63. The summed E-state index contributed by atoms with van der Waals surface area (Å²) < 4.78 is 0. The van der Waals surface area contributed by atoms with E-state index in [2.05, 4.69) is 10.6 Å². The van der Waals surface area contributed by atoms with E-state index in [-0.39, 0.29) is 23.9 Å². The van der Waals surface area contributed by atoms with Gasteiger partial charge < -0.3 is 22.1 Å². The molecule has 1 heterocycles. The highest BCUT2D eigenvalue weighted by Gasteiger charge is 2.38. The van der Waals surface area contributed by atoms with Crippen LogP contribution >= 0.6 is 0 Å². The van der Waals surface area contributed by atoms with E-state index in [1.807, 2.05) is 13.8 Å². The fourth-order valence-corrected chi connectivity index (χ4v) is 2.22. The fourth-order valence-electron chi connectivity index (χ4n) is 2.22. The highest BCUT2D eigenvalue weighted by Crippen LogP contribution is 2.09. The van der Waals surface area contributed by atoms with Crippen molar-refractivity contribution in [2.75, 3.05) is 0 Å². The Morgan fingerprint density at radius 2 is 1.28 bits per heavy atom. The van der Waals surface area contributed by atoms with Crippen molar-refractivity contribution in [2.45, 2.75) is 63.7 Å². The second-order valence-electron chi connectivity index (χ2n) is 4.88. The summed E-state index contributed by atoms with van der Waals surface area (Å²) in [6.07, 6.45) is 3.15. The van der Waals surface area contributed by atoms with Crippen LogP contribution in [0.5, 0.6) is 0 Å². The molecule has 0 bridgehead atoms. The number of nitrogens with two attached hydrogens (primary N) is 2.